The first-order valence-corrected chi connectivity index (χ1v) is 16.6. The Balaban J connectivity index is 1.53. The lowest BCUT2D eigenvalue weighted by atomic mass is 9.43. The topological polar surface area (TPSA) is 44.8 Å². The van der Waals surface area contributed by atoms with Crippen LogP contribution < -0.4 is 0 Å². The summed E-state index contributed by atoms with van der Waals surface area (Å²) in [6.45, 7) is 20.6. The highest BCUT2D eigenvalue weighted by molar-refractivity contribution is 6.74. The van der Waals surface area contributed by atoms with Crippen molar-refractivity contribution < 1.29 is 18.7 Å². The molecule has 0 amide bonds. The number of rotatable bonds is 2. The minimum absolute atomic E-state index is 0.0429. The second kappa shape index (κ2) is 7.40. The van der Waals surface area contributed by atoms with Crippen LogP contribution in [0, 0.1) is 34.5 Å². The quantitative estimate of drug-likeness (QED) is 0.415. The molecule has 4 nitrogen and oxygen atoms in total. The van der Waals surface area contributed by atoms with E-state index in [4.69, 9.17) is 13.9 Å². The van der Waals surface area contributed by atoms with Crippen LogP contribution in [0.1, 0.15) is 93.4 Å². The Bertz CT molecular complexity index is 815. The molecule has 5 fully saturated rings. The Morgan fingerprint density at radius 1 is 0.909 bits per heavy atom. The van der Waals surface area contributed by atoms with E-state index in [0.29, 0.717) is 24.0 Å². The molecule has 1 saturated heterocycles. The molecule has 5 aliphatic rings. The van der Waals surface area contributed by atoms with E-state index in [1.165, 1.54) is 19.3 Å². The van der Waals surface area contributed by atoms with E-state index in [-0.39, 0.29) is 46.0 Å². The third kappa shape index (κ3) is 3.49. The summed E-state index contributed by atoms with van der Waals surface area (Å²) >= 11 is 0. The SMILES string of the molecule is CC1(C)O[C@@H]2C3C(C(=O)C[C@@]4(C)C3CC[C@@H]4O[Si](C)(C)C(C)(C)C)[C@@]3(C)CCCCC3[C@H]2O1. The number of carbonyl (C=O) groups is 1. The molecule has 0 aromatic carbocycles. The molecule has 4 unspecified atom stereocenters. The molecule has 0 bridgehead atoms. The predicted octanol–water partition coefficient (Wildman–Crippen LogP) is 6.73. The number of ether oxygens (including phenoxy) is 2. The summed E-state index contributed by atoms with van der Waals surface area (Å²) in [5.41, 5.74) is -0.0447. The van der Waals surface area contributed by atoms with Gasteiger partial charge in [-0.15, -0.1) is 0 Å². The summed E-state index contributed by atoms with van der Waals surface area (Å²) < 4.78 is 20.4. The van der Waals surface area contributed by atoms with Crippen LogP contribution in [0.15, 0.2) is 0 Å². The zero-order valence-electron chi connectivity index (χ0n) is 22.6. The molecule has 0 aromatic rings. The fourth-order valence-electron chi connectivity index (χ4n) is 8.73. The highest BCUT2D eigenvalue weighted by Crippen LogP contribution is 2.68. The first-order chi connectivity index (χ1) is 15.1. The fraction of sp³-hybridized carbons (Fsp3) is 0.964. The van der Waals surface area contributed by atoms with Crippen molar-refractivity contribution in [3.8, 4) is 0 Å². The smallest absolute Gasteiger partial charge is 0.192 e. The Morgan fingerprint density at radius 3 is 2.24 bits per heavy atom. The molecule has 9 atom stereocenters. The second-order valence-corrected chi connectivity index (χ2v) is 19.4. The van der Waals surface area contributed by atoms with Crippen LogP contribution >= 0.6 is 0 Å². The van der Waals surface area contributed by atoms with Crippen molar-refractivity contribution in [3.05, 3.63) is 0 Å². The van der Waals surface area contributed by atoms with Gasteiger partial charge in [0, 0.05) is 23.7 Å². The van der Waals surface area contributed by atoms with E-state index in [2.05, 4.69) is 61.6 Å². The first kappa shape index (κ1) is 24.5. The number of hydrogen-bond acceptors (Lipinski definition) is 4. The fourth-order valence-corrected chi connectivity index (χ4v) is 10.2. The molecular formula is C28H48O4Si. The van der Waals surface area contributed by atoms with Crippen LogP contribution in [0.2, 0.25) is 18.1 Å². The molecule has 0 radical (unpaired) electrons. The molecule has 1 heterocycles. The molecule has 5 heteroatoms. The molecule has 5 rings (SSSR count). The van der Waals surface area contributed by atoms with Crippen molar-refractivity contribution in [1.82, 2.24) is 0 Å². The average molecular weight is 477 g/mol. The minimum Gasteiger partial charge on any atom is -0.413 e. The normalized spacial score (nSPS) is 49.2. The summed E-state index contributed by atoms with van der Waals surface area (Å²) in [7, 11) is -1.92. The molecule has 4 saturated carbocycles. The van der Waals surface area contributed by atoms with Crippen LogP contribution in [-0.2, 0) is 18.7 Å². The van der Waals surface area contributed by atoms with Gasteiger partial charge in [0.2, 0.25) is 0 Å². The summed E-state index contributed by atoms with van der Waals surface area (Å²) in [4.78, 5) is 14.2. The Labute approximate surface area is 203 Å². The molecule has 33 heavy (non-hydrogen) atoms. The predicted molar refractivity (Wildman–Crippen MR) is 133 cm³/mol. The number of ketones is 1. The minimum atomic E-state index is -1.92. The lowest BCUT2D eigenvalue weighted by Gasteiger charge is -2.62. The molecule has 188 valence electrons. The van der Waals surface area contributed by atoms with Crippen LogP contribution in [0.3, 0.4) is 0 Å². The van der Waals surface area contributed by atoms with Crippen molar-refractivity contribution in [3.63, 3.8) is 0 Å². The van der Waals surface area contributed by atoms with Crippen molar-refractivity contribution in [1.29, 1.82) is 0 Å². The lowest BCUT2D eigenvalue weighted by Crippen LogP contribution is -2.65. The molecule has 0 N–H and O–H groups in total. The van der Waals surface area contributed by atoms with Gasteiger partial charge in [0.25, 0.3) is 0 Å². The van der Waals surface area contributed by atoms with Crippen molar-refractivity contribution in [2.24, 2.45) is 34.5 Å². The Morgan fingerprint density at radius 2 is 1.58 bits per heavy atom. The standard InChI is InChI=1S/C28H48O4Si/c1-25(2,3)33(8,9)32-20-14-13-17-21-22(19(29)16-28(17,20)7)27(6)15-11-10-12-18(27)23-24(21)31-26(4,5)30-23/h17-18,20-24H,10-16H2,1-9H3/t17?,18?,20-,21?,22?,23+,24+,27-,28-/m0/s1. The number of hydrogen-bond donors (Lipinski definition) is 0. The average Bonchev–Trinajstić information content (AvgIpc) is 3.15. The van der Waals surface area contributed by atoms with Crippen molar-refractivity contribution in [2.45, 2.75) is 136 Å². The Hall–Kier alpha value is -0.233. The molecular weight excluding hydrogens is 428 g/mol. The van der Waals surface area contributed by atoms with Gasteiger partial charge in [0.1, 0.15) is 5.78 Å². The maximum atomic E-state index is 14.2. The van der Waals surface area contributed by atoms with E-state index in [9.17, 15) is 4.79 Å². The van der Waals surface area contributed by atoms with Gasteiger partial charge in [-0.25, -0.2) is 0 Å². The second-order valence-electron chi connectivity index (χ2n) is 14.7. The zero-order valence-corrected chi connectivity index (χ0v) is 23.6. The number of Topliss-reactive ketones (excluding diaryl/α,β-unsaturated/α-hetero) is 1. The highest BCUT2D eigenvalue weighted by atomic mass is 28.4. The summed E-state index contributed by atoms with van der Waals surface area (Å²) in [5.74, 6) is 1.22. The molecule has 4 aliphatic carbocycles. The van der Waals surface area contributed by atoms with Crippen molar-refractivity contribution >= 4 is 14.1 Å². The van der Waals surface area contributed by atoms with E-state index in [1.54, 1.807) is 0 Å². The van der Waals surface area contributed by atoms with Gasteiger partial charge in [-0.3, -0.25) is 4.79 Å². The van der Waals surface area contributed by atoms with Crippen LogP contribution in [0.25, 0.3) is 0 Å². The monoisotopic (exact) mass is 476 g/mol. The van der Waals surface area contributed by atoms with Gasteiger partial charge in [-0.05, 0) is 74.9 Å². The lowest BCUT2D eigenvalue weighted by molar-refractivity contribution is -0.188. The molecule has 0 aromatic heterocycles. The maximum Gasteiger partial charge on any atom is 0.192 e. The molecule has 0 spiro atoms. The largest absolute Gasteiger partial charge is 0.413 e. The van der Waals surface area contributed by atoms with Crippen LogP contribution in [0.5, 0.6) is 0 Å². The third-order valence-corrected chi connectivity index (χ3v) is 15.8. The Kier molecular flexibility index (Phi) is 5.48. The van der Waals surface area contributed by atoms with Gasteiger partial charge in [0.15, 0.2) is 14.1 Å². The van der Waals surface area contributed by atoms with E-state index in [1.807, 2.05) is 0 Å². The third-order valence-electron chi connectivity index (χ3n) is 11.3. The summed E-state index contributed by atoms with van der Waals surface area (Å²) in [6, 6.07) is 0. The van der Waals surface area contributed by atoms with Gasteiger partial charge in [-0.1, -0.05) is 47.5 Å². The van der Waals surface area contributed by atoms with Gasteiger partial charge in [0.05, 0.1) is 18.3 Å². The van der Waals surface area contributed by atoms with Crippen LogP contribution in [-0.4, -0.2) is 38.2 Å². The summed E-state index contributed by atoms with van der Waals surface area (Å²) in [6.07, 6.45) is 8.08. The van der Waals surface area contributed by atoms with E-state index in [0.717, 1.165) is 19.3 Å². The zero-order chi connectivity index (χ0) is 24.2. The summed E-state index contributed by atoms with van der Waals surface area (Å²) in [5, 5.41) is 0.174. The van der Waals surface area contributed by atoms with Gasteiger partial charge >= 0.3 is 0 Å². The van der Waals surface area contributed by atoms with E-state index < -0.39 is 14.1 Å². The van der Waals surface area contributed by atoms with Crippen LogP contribution in [0.4, 0.5) is 0 Å². The van der Waals surface area contributed by atoms with Gasteiger partial charge in [-0.2, -0.15) is 0 Å². The molecule has 1 aliphatic heterocycles. The van der Waals surface area contributed by atoms with E-state index >= 15 is 0 Å². The van der Waals surface area contributed by atoms with Crippen molar-refractivity contribution in [2.75, 3.05) is 0 Å². The number of carbonyl (C=O) groups excluding carboxylic acids is 1. The highest BCUT2D eigenvalue weighted by Gasteiger charge is 2.70. The van der Waals surface area contributed by atoms with Gasteiger partial charge < -0.3 is 13.9 Å². The number of fused-ring (bicyclic) bond motifs is 8. The maximum absolute atomic E-state index is 14.2. The first-order valence-electron chi connectivity index (χ1n) is 13.7.